The first-order valence-corrected chi connectivity index (χ1v) is 10.1. The maximum Gasteiger partial charge on any atom is 0.142 e. The molecule has 4 aromatic rings. The zero-order chi connectivity index (χ0) is 19.1. The maximum absolute atomic E-state index is 3.82. The predicted octanol–water partition coefficient (Wildman–Crippen LogP) is 5.96. The third kappa shape index (κ3) is 2.64. The molecule has 134 valence electrons. The largest absolute Gasteiger partial charge is 0.307 e. The van der Waals surface area contributed by atoms with Crippen LogP contribution < -0.4 is 15.3 Å². The summed E-state index contributed by atoms with van der Waals surface area (Å²) in [4.78, 5) is 4.71. The number of fused-ring (bicyclic) bond motifs is 2. The Labute approximate surface area is 174 Å². The second kappa shape index (κ2) is 6.88. The number of anilines is 6. The van der Waals surface area contributed by atoms with E-state index in [9.17, 15) is 0 Å². The van der Waals surface area contributed by atoms with E-state index in [1.807, 2.05) is 0 Å². The van der Waals surface area contributed by atoms with Crippen LogP contribution in [0.3, 0.4) is 0 Å². The zero-order valence-corrected chi connectivity index (χ0v) is 17.1. The summed E-state index contributed by atoms with van der Waals surface area (Å²) in [5.41, 5.74) is 8.24. The molecule has 0 aliphatic carbocycles. The third-order valence-electron chi connectivity index (χ3n) is 5.14. The molecule has 0 spiro atoms. The van der Waals surface area contributed by atoms with Crippen LogP contribution in [0.25, 0.3) is 0 Å². The van der Waals surface area contributed by atoms with Crippen molar-refractivity contribution >= 4 is 63.4 Å². The van der Waals surface area contributed by atoms with E-state index < -0.39 is 0 Å². The number of hydrogen-bond donors (Lipinski definition) is 0. The molecule has 0 amide bonds. The van der Waals surface area contributed by atoms with E-state index in [0.717, 1.165) is 27.2 Å². The van der Waals surface area contributed by atoms with Gasteiger partial charge < -0.3 is 9.80 Å². The second-order valence-corrected chi connectivity index (χ2v) is 7.75. The Morgan fingerprint density at radius 3 is 1.64 bits per heavy atom. The summed E-state index contributed by atoms with van der Waals surface area (Å²) < 4.78 is 1.07. The van der Waals surface area contributed by atoms with Crippen LogP contribution in [-0.2, 0) is 0 Å². The van der Waals surface area contributed by atoms with Gasteiger partial charge >= 0.3 is 0 Å². The van der Waals surface area contributed by atoms with Crippen molar-refractivity contribution in [2.45, 2.75) is 0 Å². The van der Waals surface area contributed by atoms with Gasteiger partial charge in [0.15, 0.2) is 0 Å². The molecule has 0 N–H and O–H groups in total. The van der Waals surface area contributed by atoms with Crippen molar-refractivity contribution < 1.29 is 0 Å². The molecule has 0 saturated heterocycles. The molecular weight excluding hydrogens is 407 g/mol. The molecule has 2 nitrogen and oxygen atoms in total. The van der Waals surface area contributed by atoms with Gasteiger partial charge in [0.05, 0.1) is 22.7 Å². The van der Waals surface area contributed by atoms with Gasteiger partial charge in [-0.2, -0.15) is 0 Å². The lowest BCUT2D eigenvalue weighted by atomic mass is 9.90. The van der Waals surface area contributed by atoms with Crippen LogP contribution in [0.4, 0.5) is 34.1 Å². The SMILES string of the molecule is Bc1cccc2c1N(c1ccccc1)c1cccc(Br)c1N2c1ccccc1. The number of para-hydroxylation sites is 4. The van der Waals surface area contributed by atoms with Crippen LogP contribution in [0.1, 0.15) is 0 Å². The molecule has 0 bridgehead atoms. The maximum atomic E-state index is 3.82. The first-order chi connectivity index (χ1) is 13.8. The molecule has 4 aromatic carbocycles. The fourth-order valence-corrected chi connectivity index (χ4v) is 4.49. The predicted molar refractivity (Wildman–Crippen MR) is 125 cm³/mol. The first-order valence-electron chi connectivity index (χ1n) is 9.34. The summed E-state index contributed by atoms with van der Waals surface area (Å²) in [6.45, 7) is 0. The van der Waals surface area contributed by atoms with Gasteiger partial charge in [0.1, 0.15) is 7.85 Å². The van der Waals surface area contributed by atoms with E-state index in [-0.39, 0.29) is 0 Å². The molecule has 28 heavy (non-hydrogen) atoms. The van der Waals surface area contributed by atoms with Crippen LogP contribution in [0.2, 0.25) is 0 Å². The minimum atomic E-state index is 1.07. The highest BCUT2D eigenvalue weighted by atomic mass is 79.9. The summed E-state index contributed by atoms with van der Waals surface area (Å²) in [5, 5.41) is 0. The Morgan fingerprint density at radius 1 is 0.536 bits per heavy atom. The fourth-order valence-electron chi connectivity index (χ4n) is 3.95. The van der Waals surface area contributed by atoms with Crippen LogP contribution in [0, 0.1) is 0 Å². The summed E-state index contributed by atoms with van der Waals surface area (Å²) in [6.07, 6.45) is 0. The van der Waals surface area contributed by atoms with Crippen molar-refractivity contribution in [3.63, 3.8) is 0 Å². The van der Waals surface area contributed by atoms with Crippen molar-refractivity contribution in [1.82, 2.24) is 0 Å². The highest BCUT2D eigenvalue weighted by molar-refractivity contribution is 9.10. The summed E-state index contributed by atoms with van der Waals surface area (Å²) in [6, 6.07) is 34.1. The van der Waals surface area contributed by atoms with Crippen molar-refractivity contribution in [3.8, 4) is 0 Å². The Hall–Kier alpha value is -2.98. The Balaban J connectivity index is 1.87. The van der Waals surface area contributed by atoms with Gasteiger partial charge in [0.25, 0.3) is 0 Å². The Kier molecular flexibility index (Phi) is 4.21. The molecule has 0 aromatic heterocycles. The molecule has 0 radical (unpaired) electrons. The summed E-state index contributed by atoms with van der Waals surface area (Å²) in [5.74, 6) is 0. The van der Waals surface area contributed by atoms with Crippen LogP contribution in [0.15, 0.2) is 102 Å². The lowest BCUT2D eigenvalue weighted by Gasteiger charge is -2.41. The van der Waals surface area contributed by atoms with E-state index in [4.69, 9.17) is 0 Å². The molecule has 0 unspecified atom stereocenters. The third-order valence-corrected chi connectivity index (χ3v) is 5.78. The van der Waals surface area contributed by atoms with Gasteiger partial charge in [-0.15, -0.1) is 0 Å². The van der Waals surface area contributed by atoms with E-state index in [0.29, 0.717) is 0 Å². The van der Waals surface area contributed by atoms with Gasteiger partial charge in [0.2, 0.25) is 0 Å². The smallest absolute Gasteiger partial charge is 0.142 e. The second-order valence-electron chi connectivity index (χ2n) is 6.89. The van der Waals surface area contributed by atoms with E-state index >= 15 is 0 Å². The van der Waals surface area contributed by atoms with Crippen LogP contribution in [0.5, 0.6) is 0 Å². The number of hydrogen-bond acceptors (Lipinski definition) is 2. The average molecular weight is 425 g/mol. The topological polar surface area (TPSA) is 6.48 Å². The standard InChI is InChI=1S/C24H18BBrN2/c25-19-13-7-15-21-23(19)27(17-9-3-1-4-10-17)22-16-8-14-20(26)24(22)28(21)18-11-5-2-6-12-18/h1-16H,25H2. The fraction of sp³-hybridized carbons (Fsp3) is 0. The molecule has 0 fully saturated rings. The number of nitrogens with zero attached hydrogens (tertiary/aromatic N) is 2. The lowest BCUT2D eigenvalue weighted by Crippen LogP contribution is -2.29. The molecule has 0 atom stereocenters. The molecule has 4 heteroatoms. The first kappa shape index (κ1) is 17.1. The molecular formula is C24H18BBrN2. The molecule has 1 aliphatic rings. The van der Waals surface area contributed by atoms with Gasteiger partial charge in [-0.1, -0.05) is 60.1 Å². The van der Waals surface area contributed by atoms with Crippen molar-refractivity contribution in [2.24, 2.45) is 0 Å². The quantitative estimate of drug-likeness (QED) is 0.322. The average Bonchev–Trinajstić information content (AvgIpc) is 2.74. The van der Waals surface area contributed by atoms with Gasteiger partial charge in [-0.25, -0.2) is 0 Å². The van der Waals surface area contributed by atoms with Crippen molar-refractivity contribution in [1.29, 1.82) is 0 Å². The van der Waals surface area contributed by atoms with E-state index in [1.54, 1.807) is 0 Å². The molecule has 1 aliphatic heterocycles. The normalized spacial score (nSPS) is 12.5. The molecule has 0 saturated carbocycles. The van der Waals surface area contributed by atoms with E-state index in [1.165, 1.54) is 16.8 Å². The van der Waals surface area contributed by atoms with Crippen LogP contribution in [-0.4, -0.2) is 7.85 Å². The Morgan fingerprint density at radius 2 is 1.04 bits per heavy atom. The summed E-state index contributed by atoms with van der Waals surface area (Å²) in [7, 11) is 2.18. The molecule has 5 rings (SSSR count). The van der Waals surface area contributed by atoms with Crippen molar-refractivity contribution in [3.05, 3.63) is 102 Å². The van der Waals surface area contributed by atoms with Crippen molar-refractivity contribution in [2.75, 3.05) is 9.80 Å². The minimum Gasteiger partial charge on any atom is -0.307 e. The minimum absolute atomic E-state index is 1.07. The highest BCUT2D eigenvalue weighted by Gasteiger charge is 2.32. The Bertz CT molecular complexity index is 1050. The highest BCUT2D eigenvalue weighted by Crippen LogP contribution is 2.55. The van der Waals surface area contributed by atoms with Crippen LogP contribution >= 0.6 is 15.9 Å². The number of halogens is 1. The lowest BCUT2D eigenvalue weighted by molar-refractivity contribution is 1.17. The zero-order valence-electron chi connectivity index (χ0n) is 15.5. The monoisotopic (exact) mass is 424 g/mol. The van der Waals surface area contributed by atoms with Gasteiger partial charge in [-0.05, 0) is 58.4 Å². The number of benzene rings is 4. The van der Waals surface area contributed by atoms with Gasteiger partial charge in [-0.3, -0.25) is 0 Å². The molecule has 1 heterocycles. The van der Waals surface area contributed by atoms with Gasteiger partial charge in [0, 0.05) is 15.8 Å². The van der Waals surface area contributed by atoms with E-state index in [2.05, 4.69) is 131 Å². The summed E-state index contributed by atoms with van der Waals surface area (Å²) >= 11 is 3.82. The number of rotatable bonds is 2.